The Morgan fingerprint density at radius 1 is 0.950 bits per heavy atom. The molecule has 0 aliphatic carbocycles. The maximum Gasteiger partial charge on any atom is 0.226 e. The normalized spacial score (nSPS) is 14.6. The number of phenolic OH excluding ortho intramolecular Hbond substituents is 1. The smallest absolute Gasteiger partial charge is 0.226 e. The van der Waals surface area contributed by atoms with E-state index in [1.165, 1.54) is 5.56 Å². The fourth-order valence-electron chi connectivity index (χ4n) is 5.70. The number of para-hydroxylation sites is 1. The van der Waals surface area contributed by atoms with Gasteiger partial charge in [-0.15, -0.1) is 0 Å². The van der Waals surface area contributed by atoms with Crippen LogP contribution in [0.3, 0.4) is 0 Å². The Labute approximate surface area is 233 Å². The Morgan fingerprint density at radius 3 is 2.42 bits per heavy atom. The summed E-state index contributed by atoms with van der Waals surface area (Å²) in [7, 11) is 0. The predicted molar refractivity (Wildman–Crippen MR) is 156 cm³/mol. The number of carbonyl (C=O) groups excluding carboxylic acids is 1. The number of hydrogen-bond donors (Lipinski definition) is 2. The zero-order valence-electron chi connectivity index (χ0n) is 22.2. The van der Waals surface area contributed by atoms with Crippen molar-refractivity contribution in [2.45, 2.75) is 25.7 Å². The second-order valence-corrected chi connectivity index (χ2v) is 10.7. The van der Waals surface area contributed by atoms with E-state index in [9.17, 15) is 15.2 Å². The highest BCUT2D eigenvalue weighted by Crippen LogP contribution is 2.39. The minimum absolute atomic E-state index is 0.0807. The molecule has 0 saturated carbocycles. The average Bonchev–Trinajstić information content (AvgIpc) is 3.43. The summed E-state index contributed by atoms with van der Waals surface area (Å²) >= 11 is 0. The lowest BCUT2D eigenvalue weighted by atomic mass is 9.75. The number of piperidine rings is 1. The number of H-pyrrole nitrogens is 1. The summed E-state index contributed by atoms with van der Waals surface area (Å²) < 4.78 is 0. The second kappa shape index (κ2) is 10.7. The van der Waals surface area contributed by atoms with Gasteiger partial charge in [0.1, 0.15) is 5.75 Å². The van der Waals surface area contributed by atoms with Gasteiger partial charge in [-0.1, -0.05) is 66.7 Å². The first-order valence-corrected chi connectivity index (χ1v) is 13.6. The third-order valence-corrected chi connectivity index (χ3v) is 8.07. The van der Waals surface area contributed by atoms with Crippen molar-refractivity contribution in [2.75, 3.05) is 13.1 Å². The highest BCUT2D eigenvalue weighted by Gasteiger charge is 2.36. The highest BCUT2D eigenvalue weighted by atomic mass is 16.3. The van der Waals surface area contributed by atoms with Gasteiger partial charge in [0.25, 0.3) is 0 Å². The molecule has 3 heterocycles. The molecule has 2 N–H and O–H groups in total. The van der Waals surface area contributed by atoms with Gasteiger partial charge < -0.3 is 15.0 Å². The van der Waals surface area contributed by atoms with Crippen LogP contribution in [0.4, 0.5) is 0 Å². The summed E-state index contributed by atoms with van der Waals surface area (Å²) in [5.74, 6) is 0.285. The fraction of sp³-hybridized carbons (Fsp3) is 0.206. The topological polar surface area (TPSA) is 93.0 Å². The Bertz CT molecular complexity index is 1660. The van der Waals surface area contributed by atoms with Crippen LogP contribution in [0, 0.1) is 16.7 Å². The molecule has 1 fully saturated rings. The van der Waals surface area contributed by atoms with Crippen molar-refractivity contribution in [3.05, 3.63) is 108 Å². The van der Waals surface area contributed by atoms with Crippen molar-refractivity contribution in [3.8, 4) is 34.2 Å². The van der Waals surface area contributed by atoms with Gasteiger partial charge in [0.15, 0.2) is 0 Å². The van der Waals surface area contributed by atoms with Gasteiger partial charge in [0.2, 0.25) is 5.91 Å². The van der Waals surface area contributed by atoms with Crippen LogP contribution in [-0.2, 0) is 17.6 Å². The Hall–Kier alpha value is -4.89. The molecule has 198 valence electrons. The number of phenols is 1. The third-order valence-electron chi connectivity index (χ3n) is 8.07. The van der Waals surface area contributed by atoms with Crippen molar-refractivity contribution in [3.63, 3.8) is 0 Å². The first-order chi connectivity index (χ1) is 19.5. The molecule has 1 saturated heterocycles. The van der Waals surface area contributed by atoms with Crippen molar-refractivity contribution >= 4 is 16.8 Å². The monoisotopic (exact) mass is 526 g/mol. The van der Waals surface area contributed by atoms with Crippen LogP contribution < -0.4 is 0 Å². The van der Waals surface area contributed by atoms with Gasteiger partial charge >= 0.3 is 0 Å². The van der Waals surface area contributed by atoms with Crippen LogP contribution in [0.15, 0.2) is 97.3 Å². The molecule has 0 bridgehead atoms. The second-order valence-electron chi connectivity index (χ2n) is 10.7. The number of hydrogen-bond acceptors (Lipinski definition) is 4. The number of nitrogens with one attached hydrogen (secondary N) is 1. The van der Waals surface area contributed by atoms with Crippen LogP contribution in [0.25, 0.3) is 33.3 Å². The molecule has 0 spiro atoms. The first-order valence-electron chi connectivity index (χ1n) is 13.6. The van der Waals surface area contributed by atoms with Crippen molar-refractivity contribution in [1.29, 1.82) is 5.26 Å². The molecule has 1 aliphatic rings. The molecule has 1 amide bonds. The number of aromatic amines is 1. The molecule has 5 aromatic rings. The number of nitriles is 1. The van der Waals surface area contributed by atoms with Crippen LogP contribution >= 0.6 is 0 Å². The van der Waals surface area contributed by atoms with E-state index in [1.54, 1.807) is 12.4 Å². The summed E-state index contributed by atoms with van der Waals surface area (Å²) in [6, 6.07) is 30.2. The third kappa shape index (κ3) is 5.06. The van der Waals surface area contributed by atoms with Crippen LogP contribution in [0.5, 0.6) is 5.75 Å². The van der Waals surface area contributed by atoms with Crippen molar-refractivity contribution < 1.29 is 9.90 Å². The fourth-order valence-corrected chi connectivity index (χ4v) is 5.70. The highest BCUT2D eigenvalue weighted by molar-refractivity contribution is 5.89. The minimum Gasteiger partial charge on any atom is -0.507 e. The number of fused-ring (bicyclic) bond motifs is 1. The van der Waals surface area contributed by atoms with Crippen LogP contribution in [0.2, 0.25) is 0 Å². The van der Waals surface area contributed by atoms with Crippen molar-refractivity contribution in [1.82, 2.24) is 14.9 Å². The number of pyridine rings is 1. The number of carbonyl (C=O) groups is 1. The van der Waals surface area contributed by atoms with Crippen LogP contribution in [-0.4, -0.2) is 39.0 Å². The van der Waals surface area contributed by atoms with Gasteiger partial charge in [-0.25, -0.2) is 0 Å². The van der Waals surface area contributed by atoms with E-state index in [0.29, 0.717) is 32.4 Å². The molecule has 40 heavy (non-hydrogen) atoms. The average molecular weight is 527 g/mol. The maximum absolute atomic E-state index is 13.1. The molecule has 3 aromatic carbocycles. The van der Waals surface area contributed by atoms with E-state index in [0.717, 1.165) is 45.3 Å². The Morgan fingerprint density at radius 2 is 1.70 bits per heavy atom. The molecule has 0 unspecified atom stereocenters. The molecule has 6 rings (SSSR count). The maximum atomic E-state index is 13.1. The van der Waals surface area contributed by atoms with E-state index in [-0.39, 0.29) is 11.7 Å². The summed E-state index contributed by atoms with van der Waals surface area (Å²) in [6.45, 7) is 1.20. The molecule has 0 atom stereocenters. The SMILES string of the molecule is N#CC1(Cc2ccccc2)CCN(C(=O)Cc2ccc(-c3cccc(-c4cc5ccncc5[nH]4)c3O)cc2)CC1. The largest absolute Gasteiger partial charge is 0.507 e. The molecule has 6 nitrogen and oxygen atoms in total. The van der Waals surface area contributed by atoms with E-state index in [2.05, 4.69) is 28.2 Å². The molecular weight excluding hydrogens is 496 g/mol. The number of likely N-dealkylation sites (tertiary alicyclic amines) is 1. The summed E-state index contributed by atoms with van der Waals surface area (Å²) in [5, 5.41) is 22.1. The number of nitrogens with zero attached hydrogens (tertiary/aromatic N) is 3. The van der Waals surface area contributed by atoms with Crippen molar-refractivity contribution in [2.24, 2.45) is 5.41 Å². The van der Waals surface area contributed by atoms with Gasteiger partial charge in [0.05, 0.1) is 35.3 Å². The summed E-state index contributed by atoms with van der Waals surface area (Å²) in [6.07, 6.45) is 5.93. The van der Waals surface area contributed by atoms with Gasteiger partial charge in [-0.2, -0.15) is 5.26 Å². The first kappa shape index (κ1) is 25.4. The Balaban J connectivity index is 1.12. The molecule has 1 aliphatic heterocycles. The number of rotatable bonds is 6. The number of benzene rings is 3. The van der Waals surface area contributed by atoms with E-state index in [4.69, 9.17) is 0 Å². The van der Waals surface area contributed by atoms with Crippen LogP contribution in [0.1, 0.15) is 24.0 Å². The standard InChI is InChI=1S/C34H30N4O2/c35-23-34(21-25-5-2-1-3-6-25)14-17-38(18-15-34)32(39)19-24-9-11-26(12-10-24)28-7-4-8-29(33(28)40)30-20-27-13-16-36-22-31(27)37-30/h1-13,16,20,22,37,40H,14-15,17-19,21H2. The molecule has 2 aromatic heterocycles. The lowest BCUT2D eigenvalue weighted by Gasteiger charge is -2.37. The van der Waals surface area contributed by atoms with E-state index in [1.807, 2.05) is 77.7 Å². The van der Waals surface area contributed by atoms with E-state index < -0.39 is 5.41 Å². The van der Waals surface area contributed by atoms with E-state index >= 15 is 0 Å². The Kier molecular flexibility index (Phi) is 6.79. The summed E-state index contributed by atoms with van der Waals surface area (Å²) in [5.41, 5.74) is 5.75. The van der Waals surface area contributed by atoms with Gasteiger partial charge in [0, 0.05) is 35.8 Å². The minimum atomic E-state index is -0.417. The molecular formula is C34H30N4O2. The zero-order valence-corrected chi connectivity index (χ0v) is 22.2. The number of amides is 1. The zero-order chi connectivity index (χ0) is 27.5. The lowest BCUT2D eigenvalue weighted by molar-refractivity contribution is -0.132. The van der Waals surface area contributed by atoms with Gasteiger partial charge in [-0.3, -0.25) is 9.78 Å². The number of aromatic nitrogens is 2. The molecule has 0 radical (unpaired) electrons. The van der Waals surface area contributed by atoms with Gasteiger partial charge in [-0.05, 0) is 54.2 Å². The quantitative estimate of drug-likeness (QED) is 0.263. The number of aromatic hydroxyl groups is 1. The predicted octanol–water partition coefficient (Wildman–Crippen LogP) is 6.52. The summed E-state index contributed by atoms with van der Waals surface area (Å²) in [4.78, 5) is 22.5. The molecule has 6 heteroatoms. The lowest BCUT2D eigenvalue weighted by Crippen LogP contribution is -2.44.